The summed E-state index contributed by atoms with van der Waals surface area (Å²) in [4.78, 5) is 25.7. The van der Waals surface area contributed by atoms with Crippen LogP contribution in [0.25, 0.3) is 0 Å². The van der Waals surface area contributed by atoms with Crippen molar-refractivity contribution in [2.45, 2.75) is 27.2 Å². The van der Waals surface area contributed by atoms with Crippen molar-refractivity contribution in [1.82, 2.24) is 19.8 Å². The second kappa shape index (κ2) is 8.64. The second-order valence-corrected chi connectivity index (χ2v) is 8.65. The zero-order valence-electron chi connectivity index (χ0n) is 17.8. The van der Waals surface area contributed by atoms with Crippen LogP contribution in [-0.4, -0.2) is 58.4 Å². The monoisotopic (exact) mass is 425 g/mol. The Labute approximate surface area is 183 Å². The quantitative estimate of drug-likeness (QED) is 0.712. The van der Waals surface area contributed by atoms with Gasteiger partial charge < -0.3 is 15.1 Å². The lowest BCUT2D eigenvalue weighted by molar-refractivity contribution is 0.0782. The Morgan fingerprint density at radius 3 is 2.67 bits per heavy atom. The zero-order chi connectivity index (χ0) is 21.3. The third-order valence-electron chi connectivity index (χ3n) is 5.98. The number of hydrogen-bond donors (Lipinski definition) is 1. The average molecular weight is 426 g/mol. The van der Waals surface area contributed by atoms with E-state index in [4.69, 9.17) is 11.6 Å². The molecule has 2 aliphatic heterocycles. The van der Waals surface area contributed by atoms with E-state index in [1.54, 1.807) is 0 Å². The number of aryl methyl sites for hydroxylation is 3. The Morgan fingerprint density at radius 2 is 1.97 bits per heavy atom. The van der Waals surface area contributed by atoms with Crippen LogP contribution in [0.5, 0.6) is 0 Å². The number of fused-ring (bicyclic) bond motifs is 1. The Balaban J connectivity index is 1.27. The van der Waals surface area contributed by atoms with Gasteiger partial charge >= 0.3 is 0 Å². The molecule has 158 valence electrons. The molecule has 1 N–H and O–H groups in total. The number of rotatable bonds is 6. The van der Waals surface area contributed by atoms with Crippen molar-refractivity contribution >= 4 is 23.2 Å². The SMILES string of the molecule is Cc1cc(NCCCN2C=C3CN(C(=O)c4c(C)ncnc4C)CC3C2)ccc1Cl. The van der Waals surface area contributed by atoms with Crippen LogP contribution in [-0.2, 0) is 0 Å². The van der Waals surface area contributed by atoms with E-state index in [1.165, 1.54) is 11.9 Å². The first kappa shape index (κ1) is 20.7. The van der Waals surface area contributed by atoms with Crippen molar-refractivity contribution in [2.24, 2.45) is 5.92 Å². The van der Waals surface area contributed by atoms with Gasteiger partial charge in [0.05, 0.1) is 17.0 Å². The van der Waals surface area contributed by atoms with Crippen molar-refractivity contribution in [3.63, 3.8) is 0 Å². The summed E-state index contributed by atoms with van der Waals surface area (Å²) in [5.74, 6) is 0.487. The predicted molar refractivity (Wildman–Crippen MR) is 120 cm³/mol. The lowest BCUT2D eigenvalue weighted by Crippen LogP contribution is -2.32. The highest BCUT2D eigenvalue weighted by atomic mass is 35.5. The summed E-state index contributed by atoms with van der Waals surface area (Å²) in [5.41, 5.74) is 5.71. The summed E-state index contributed by atoms with van der Waals surface area (Å²) in [5, 5.41) is 4.27. The molecule has 0 bridgehead atoms. The number of carbonyl (C=O) groups excluding carboxylic acids is 1. The molecule has 0 spiro atoms. The smallest absolute Gasteiger partial charge is 0.257 e. The number of nitrogens with zero attached hydrogens (tertiary/aromatic N) is 4. The molecule has 2 aliphatic rings. The molecule has 1 aromatic carbocycles. The maximum Gasteiger partial charge on any atom is 0.257 e. The molecule has 1 fully saturated rings. The van der Waals surface area contributed by atoms with Gasteiger partial charge in [-0.2, -0.15) is 0 Å². The van der Waals surface area contributed by atoms with E-state index in [1.807, 2.05) is 37.8 Å². The normalized spacial score (nSPS) is 17.9. The largest absolute Gasteiger partial charge is 0.385 e. The molecular formula is C23H28ClN5O. The highest BCUT2D eigenvalue weighted by Gasteiger charge is 2.36. The number of aromatic nitrogens is 2. The van der Waals surface area contributed by atoms with Gasteiger partial charge in [0.1, 0.15) is 6.33 Å². The van der Waals surface area contributed by atoms with Crippen molar-refractivity contribution in [2.75, 3.05) is 38.0 Å². The minimum atomic E-state index is 0.0508. The minimum absolute atomic E-state index is 0.0508. The molecule has 3 heterocycles. The van der Waals surface area contributed by atoms with Crippen LogP contribution in [0.2, 0.25) is 5.02 Å². The van der Waals surface area contributed by atoms with E-state index in [-0.39, 0.29) is 5.91 Å². The molecule has 6 nitrogen and oxygen atoms in total. The molecule has 1 amide bonds. The standard InChI is InChI=1S/C23H28ClN5O/c1-15-9-20(5-6-21(15)24)25-7-4-8-28-10-18-12-29(13-19(18)11-28)23(30)22-16(2)26-14-27-17(22)3/h5-6,9-10,14,19,25H,4,7-8,11-13H2,1-3H3. The van der Waals surface area contributed by atoms with Gasteiger partial charge in [0.2, 0.25) is 0 Å². The fraction of sp³-hybridized carbons (Fsp3) is 0.435. The average Bonchev–Trinajstić information content (AvgIpc) is 3.26. The first-order chi connectivity index (χ1) is 14.4. The van der Waals surface area contributed by atoms with Crippen LogP contribution in [0.4, 0.5) is 5.69 Å². The maximum absolute atomic E-state index is 13.0. The highest BCUT2D eigenvalue weighted by Crippen LogP contribution is 2.31. The van der Waals surface area contributed by atoms with E-state index in [9.17, 15) is 4.79 Å². The van der Waals surface area contributed by atoms with Gasteiger partial charge in [0.25, 0.3) is 5.91 Å². The van der Waals surface area contributed by atoms with Crippen LogP contribution < -0.4 is 5.32 Å². The van der Waals surface area contributed by atoms with E-state index in [0.29, 0.717) is 18.0 Å². The second-order valence-electron chi connectivity index (χ2n) is 8.25. The minimum Gasteiger partial charge on any atom is -0.385 e. The van der Waals surface area contributed by atoms with Crippen LogP contribution in [0.3, 0.4) is 0 Å². The number of carbonyl (C=O) groups is 1. The zero-order valence-corrected chi connectivity index (χ0v) is 18.5. The van der Waals surface area contributed by atoms with Gasteiger partial charge in [-0.15, -0.1) is 0 Å². The molecular weight excluding hydrogens is 398 g/mol. The Bertz CT molecular complexity index is 969. The number of anilines is 1. The molecule has 0 aliphatic carbocycles. The molecule has 1 aromatic heterocycles. The first-order valence-electron chi connectivity index (χ1n) is 10.4. The van der Waals surface area contributed by atoms with Gasteiger partial charge in [-0.1, -0.05) is 11.6 Å². The molecule has 1 atom stereocenters. The predicted octanol–water partition coefficient (Wildman–Crippen LogP) is 3.83. The highest BCUT2D eigenvalue weighted by molar-refractivity contribution is 6.31. The van der Waals surface area contributed by atoms with Crippen LogP contribution in [0.15, 0.2) is 36.3 Å². The Morgan fingerprint density at radius 1 is 1.20 bits per heavy atom. The Hall–Kier alpha value is -2.60. The fourth-order valence-corrected chi connectivity index (χ4v) is 4.45. The fourth-order valence-electron chi connectivity index (χ4n) is 4.33. The molecule has 0 saturated carbocycles. The lowest BCUT2D eigenvalue weighted by Gasteiger charge is -2.22. The third kappa shape index (κ3) is 4.29. The Kier molecular flexibility index (Phi) is 5.95. The lowest BCUT2D eigenvalue weighted by atomic mass is 10.1. The van der Waals surface area contributed by atoms with Crippen molar-refractivity contribution < 1.29 is 4.79 Å². The summed E-state index contributed by atoms with van der Waals surface area (Å²) in [6.45, 7) is 10.2. The van der Waals surface area contributed by atoms with Crippen molar-refractivity contribution in [1.29, 1.82) is 0 Å². The van der Waals surface area contributed by atoms with Crippen LogP contribution in [0.1, 0.15) is 33.7 Å². The van der Waals surface area contributed by atoms with Gasteiger partial charge in [-0.25, -0.2) is 9.97 Å². The number of benzene rings is 1. The number of likely N-dealkylation sites (tertiary alicyclic amines) is 1. The maximum atomic E-state index is 13.0. The molecule has 4 rings (SSSR count). The molecule has 7 heteroatoms. The van der Waals surface area contributed by atoms with E-state index < -0.39 is 0 Å². The topological polar surface area (TPSA) is 61.4 Å². The van der Waals surface area contributed by atoms with Crippen LogP contribution >= 0.6 is 11.6 Å². The van der Waals surface area contributed by atoms with Crippen molar-refractivity contribution in [3.8, 4) is 0 Å². The summed E-state index contributed by atoms with van der Waals surface area (Å²) in [7, 11) is 0. The molecule has 0 radical (unpaired) electrons. The summed E-state index contributed by atoms with van der Waals surface area (Å²) >= 11 is 6.08. The summed E-state index contributed by atoms with van der Waals surface area (Å²) in [6.07, 6.45) is 4.83. The molecule has 1 saturated heterocycles. The number of nitrogens with one attached hydrogen (secondary N) is 1. The number of halogens is 1. The van der Waals surface area contributed by atoms with Gasteiger partial charge in [-0.05, 0) is 56.5 Å². The van der Waals surface area contributed by atoms with Crippen molar-refractivity contribution in [3.05, 3.63) is 63.8 Å². The van der Waals surface area contributed by atoms with Crippen LogP contribution in [0, 0.1) is 26.7 Å². The molecule has 30 heavy (non-hydrogen) atoms. The first-order valence-corrected chi connectivity index (χ1v) is 10.8. The van der Waals surface area contributed by atoms with E-state index in [0.717, 1.165) is 60.3 Å². The molecule has 2 aromatic rings. The number of hydrogen-bond acceptors (Lipinski definition) is 5. The van der Waals surface area contributed by atoms with Gasteiger partial charge in [-0.3, -0.25) is 4.79 Å². The van der Waals surface area contributed by atoms with E-state index in [2.05, 4.69) is 32.5 Å². The van der Waals surface area contributed by atoms with Gasteiger partial charge in [0, 0.05) is 55.6 Å². The summed E-state index contributed by atoms with van der Waals surface area (Å²) < 4.78 is 0. The number of amides is 1. The van der Waals surface area contributed by atoms with Gasteiger partial charge in [0.15, 0.2) is 0 Å². The third-order valence-corrected chi connectivity index (χ3v) is 6.40. The van der Waals surface area contributed by atoms with E-state index >= 15 is 0 Å². The summed E-state index contributed by atoms with van der Waals surface area (Å²) in [6, 6.07) is 6.03. The molecule has 1 unspecified atom stereocenters.